The highest BCUT2D eigenvalue weighted by Gasteiger charge is 2.21. The molecule has 0 spiro atoms. The topological polar surface area (TPSA) is 9.23 Å². The van der Waals surface area contributed by atoms with E-state index in [2.05, 4.69) is 67.6 Å². The molecule has 0 aromatic heterocycles. The monoisotopic (exact) mass is 412 g/mol. The zero-order valence-electron chi connectivity index (χ0n) is 19.1. The lowest BCUT2D eigenvalue weighted by Gasteiger charge is -2.28. The van der Waals surface area contributed by atoms with Gasteiger partial charge in [0, 0.05) is 0 Å². The van der Waals surface area contributed by atoms with Gasteiger partial charge in [0.05, 0.1) is 7.11 Å². The highest BCUT2D eigenvalue weighted by atomic mass is 16.5. The number of ether oxygens (including phenoxy) is 1. The summed E-state index contributed by atoms with van der Waals surface area (Å²) in [5.41, 5.74) is 6.91. The van der Waals surface area contributed by atoms with Gasteiger partial charge < -0.3 is 4.74 Å². The molecule has 1 aliphatic rings. The van der Waals surface area contributed by atoms with Gasteiger partial charge in [-0.15, -0.1) is 0 Å². The number of rotatable bonds is 8. The number of hydrogen-bond acceptors (Lipinski definition) is 1. The van der Waals surface area contributed by atoms with Crippen molar-refractivity contribution in [3.8, 4) is 16.9 Å². The van der Waals surface area contributed by atoms with E-state index >= 15 is 0 Å². The Labute approximate surface area is 188 Å². The van der Waals surface area contributed by atoms with Crippen molar-refractivity contribution in [1.29, 1.82) is 0 Å². The average molecular weight is 413 g/mol. The van der Waals surface area contributed by atoms with Crippen LogP contribution in [0.3, 0.4) is 0 Å². The van der Waals surface area contributed by atoms with Gasteiger partial charge in [-0.25, -0.2) is 0 Å². The van der Waals surface area contributed by atoms with Crippen molar-refractivity contribution in [2.75, 3.05) is 7.11 Å². The van der Waals surface area contributed by atoms with Crippen LogP contribution in [0.4, 0.5) is 0 Å². The second-order valence-electron chi connectivity index (χ2n) is 9.17. The van der Waals surface area contributed by atoms with Crippen molar-refractivity contribution >= 4 is 0 Å². The summed E-state index contributed by atoms with van der Waals surface area (Å²) in [5.74, 6) is 2.66. The number of aryl methyl sites for hydroxylation is 2. The molecule has 1 nitrogen and oxygen atoms in total. The highest BCUT2D eigenvalue weighted by Crippen LogP contribution is 2.38. The molecule has 0 radical (unpaired) electrons. The molecule has 162 valence electrons. The quantitative estimate of drug-likeness (QED) is 0.362. The summed E-state index contributed by atoms with van der Waals surface area (Å²) in [5, 5.41) is 0. The first-order chi connectivity index (χ1) is 15.2. The molecule has 31 heavy (non-hydrogen) atoms. The number of benzene rings is 3. The lowest BCUT2D eigenvalue weighted by molar-refractivity contribution is 0.308. The first kappa shape index (κ1) is 21.7. The van der Waals surface area contributed by atoms with E-state index in [-0.39, 0.29) is 0 Å². The van der Waals surface area contributed by atoms with Crippen molar-refractivity contribution in [2.24, 2.45) is 5.92 Å². The standard InChI is InChI=1S/C30H36O/c1-3-4-23-7-13-26(14-8-23)28-17-19-29(20-18-28)27-15-9-24(10-16-27)5-6-25-11-21-30(31-2)22-12-25/h9-12,15-23,26H,3-8,13-14H2,1-2H3. The minimum absolute atomic E-state index is 0.766. The third kappa shape index (κ3) is 5.79. The van der Waals surface area contributed by atoms with Crippen LogP contribution in [0.15, 0.2) is 72.8 Å². The van der Waals surface area contributed by atoms with Crippen LogP contribution in [0.1, 0.15) is 68.1 Å². The fourth-order valence-corrected chi connectivity index (χ4v) is 5.09. The van der Waals surface area contributed by atoms with Crippen molar-refractivity contribution in [3.05, 3.63) is 89.5 Å². The van der Waals surface area contributed by atoms with E-state index in [1.165, 1.54) is 66.3 Å². The van der Waals surface area contributed by atoms with Crippen LogP contribution in [0.25, 0.3) is 11.1 Å². The van der Waals surface area contributed by atoms with Gasteiger partial charge in [0.1, 0.15) is 5.75 Å². The Morgan fingerprint density at radius 1 is 0.677 bits per heavy atom. The number of methoxy groups -OCH3 is 1. The average Bonchev–Trinajstić information content (AvgIpc) is 2.84. The number of hydrogen-bond donors (Lipinski definition) is 0. The lowest BCUT2D eigenvalue weighted by atomic mass is 9.77. The summed E-state index contributed by atoms with van der Waals surface area (Å²) in [7, 11) is 1.71. The predicted octanol–water partition coefficient (Wildman–Crippen LogP) is 8.22. The van der Waals surface area contributed by atoms with E-state index in [9.17, 15) is 0 Å². The maximum absolute atomic E-state index is 5.24. The molecule has 1 saturated carbocycles. The Morgan fingerprint density at radius 2 is 1.19 bits per heavy atom. The van der Waals surface area contributed by atoms with Crippen molar-refractivity contribution in [1.82, 2.24) is 0 Å². The molecule has 0 heterocycles. The van der Waals surface area contributed by atoms with Gasteiger partial charge in [-0.05, 0) is 90.3 Å². The minimum Gasteiger partial charge on any atom is -0.497 e. The molecule has 3 aromatic carbocycles. The molecular formula is C30H36O. The Morgan fingerprint density at radius 3 is 1.71 bits per heavy atom. The van der Waals surface area contributed by atoms with Crippen LogP contribution in [0.2, 0.25) is 0 Å². The van der Waals surface area contributed by atoms with Crippen LogP contribution in [0.5, 0.6) is 5.75 Å². The molecule has 1 heteroatoms. The first-order valence-electron chi connectivity index (χ1n) is 12.1. The molecule has 3 aromatic rings. The third-order valence-corrected chi connectivity index (χ3v) is 7.07. The van der Waals surface area contributed by atoms with Gasteiger partial charge >= 0.3 is 0 Å². The van der Waals surface area contributed by atoms with Crippen LogP contribution in [-0.4, -0.2) is 7.11 Å². The van der Waals surface area contributed by atoms with E-state index < -0.39 is 0 Å². The van der Waals surface area contributed by atoms with Crippen molar-refractivity contribution < 1.29 is 4.74 Å². The Hall–Kier alpha value is -2.54. The fourth-order valence-electron chi connectivity index (χ4n) is 5.09. The smallest absolute Gasteiger partial charge is 0.118 e. The summed E-state index contributed by atoms with van der Waals surface area (Å²) >= 11 is 0. The van der Waals surface area contributed by atoms with E-state index in [0.29, 0.717) is 0 Å². The SMILES string of the molecule is CCCC1CCC(c2ccc(-c3ccc(CCc4ccc(OC)cc4)cc3)cc2)CC1. The second kappa shape index (κ2) is 10.7. The molecule has 0 bridgehead atoms. The Balaban J connectivity index is 1.32. The van der Waals surface area contributed by atoms with Crippen molar-refractivity contribution in [2.45, 2.75) is 64.2 Å². The highest BCUT2D eigenvalue weighted by molar-refractivity contribution is 5.64. The molecule has 4 rings (SSSR count). The van der Waals surface area contributed by atoms with Gasteiger partial charge in [-0.3, -0.25) is 0 Å². The summed E-state index contributed by atoms with van der Waals surface area (Å²) in [6.07, 6.45) is 10.4. The van der Waals surface area contributed by atoms with Gasteiger partial charge in [0.2, 0.25) is 0 Å². The van der Waals surface area contributed by atoms with Gasteiger partial charge in [-0.2, -0.15) is 0 Å². The van der Waals surface area contributed by atoms with E-state index in [4.69, 9.17) is 4.74 Å². The second-order valence-corrected chi connectivity index (χ2v) is 9.17. The largest absolute Gasteiger partial charge is 0.497 e. The predicted molar refractivity (Wildman–Crippen MR) is 132 cm³/mol. The zero-order valence-corrected chi connectivity index (χ0v) is 19.1. The molecule has 0 unspecified atom stereocenters. The summed E-state index contributed by atoms with van der Waals surface area (Å²) in [4.78, 5) is 0. The zero-order chi connectivity index (χ0) is 21.5. The lowest BCUT2D eigenvalue weighted by Crippen LogP contribution is -2.13. The van der Waals surface area contributed by atoms with Gasteiger partial charge in [0.25, 0.3) is 0 Å². The molecule has 0 N–H and O–H groups in total. The maximum Gasteiger partial charge on any atom is 0.118 e. The minimum atomic E-state index is 0.766. The third-order valence-electron chi connectivity index (χ3n) is 7.07. The molecular weight excluding hydrogens is 376 g/mol. The van der Waals surface area contributed by atoms with Gasteiger partial charge in [-0.1, -0.05) is 80.4 Å². The molecule has 0 amide bonds. The summed E-state index contributed by atoms with van der Waals surface area (Å²) in [6, 6.07) is 26.9. The molecule has 0 saturated heterocycles. The van der Waals surface area contributed by atoms with Crippen LogP contribution in [-0.2, 0) is 12.8 Å². The molecule has 0 aliphatic heterocycles. The Bertz CT molecular complexity index is 914. The molecule has 1 aliphatic carbocycles. The Kier molecular flexibility index (Phi) is 7.46. The maximum atomic E-state index is 5.24. The van der Waals surface area contributed by atoms with Crippen LogP contribution >= 0.6 is 0 Å². The van der Waals surface area contributed by atoms with Gasteiger partial charge in [0.15, 0.2) is 0 Å². The fraction of sp³-hybridized carbons (Fsp3) is 0.400. The molecule has 1 fully saturated rings. The van der Waals surface area contributed by atoms with E-state index in [0.717, 1.165) is 30.4 Å². The van der Waals surface area contributed by atoms with E-state index in [1.807, 2.05) is 12.1 Å². The van der Waals surface area contributed by atoms with Crippen LogP contribution in [0, 0.1) is 5.92 Å². The van der Waals surface area contributed by atoms with Crippen LogP contribution < -0.4 is 4.74 Å². The van der Waals surface area contributed by atoms with Crippen molar-refractivity contribution in [3.63, 3.8) is 0 Å². The van der Waals surface area contributed by atoms with E-state index in [1.54, 1.807) is 7.11 Å². The summed E-state index contributed by atoms with van der Waals surface area (Å²) in [6.45, 7) is 2.32. The normalized spacial score (nSPS) is 18.6. The first-order valence-corrected chi connectivity index (χ1v) is 12.1. The molecule has 0 atom stereocenters. The summed E-state index contributed by atoms with van der Waals surface area (Å²) < 4.78 is 5.24.